The lowest BCUT2D eigenvalue weighted by Crippen LogP contribution is -2.41. The third-order valence-electron chi connectivity index (χ3n) is 7.02. The lowest BCUT2D eigenvalue weighted by molar-refractivity contribution is 0.0713. The number of nitrogens with zero attached hydrogens (tertiary/aromatic N) is 4. The number of likely N-dealkylation sites (tertiary alicyclic amines) is 1. The van der Waals surface area contributed by atoms with Crippen LogP contribution in [0.25, 0.3) is 4.85 Å². The van der Waals surface area contributed by atoms with Crippen molar-refractivity contribution in [2.24, 2.45) is 0 Å². The van der Waals surface area contributed by atoms with Crippen molar-refractivity contribution in [3.8, 4) is 0 Å². The number of carbonyl (C=O) groups excluding carboxylic acids is 1. The zero-order chi connectivity index (χ0) is 20.5. The van der Waals surface area contributed by atoms with E-state index in [2.05, 4.69) is 9.74 Å². The highest BCUT2D eigenvalue weighted by Gasteiger charge is 2.30. The number of hydrogen-bond donors (Lipinski definition) is 0. The van der Waals surface area contributed by atoms with Crippen LogP contribution in [0.4, 0.5) is 5.69 Å². The number of thiazole rings is 1. The van der Waals surface area contributed by atoms with Gasteiger partial charge in [-0.1, -0.05) is 30.7 Å². The molecule has 1 aromatic heterocycles. The first-order valence-corrected chi connectivity index (χ1v) is 12.0. The molecule has 5 nitrogen and oxygen atoms in total. The summed E-state index contributed by atoms with van der Waals surface area (Å²) >= 11 is 1.94. The minimum atomic E-state index is 0.0796. The van der Waals surface area contributed by atoms with Gasteiger partial charge in [0.05, 0.1) is 17.3 Å². The number of rotatable bonds is 3. The molecule has 1 saturated carbocycles. The maximum Gasteiger partial charge on any atom is 0.253 e. The van der Waals surface area contributed by atoms with Gasteiger partial charge < -0.3 is 4.90 Å². The summed E-state index contributed by atoms with van der Waals surface area (Å²) in [4.78, 5) is 27.4. The van der Waals surface area contributed by atoms with E-state index >= 15 is 0 Å². The maximum absolute atomic E-state index is 12.8. The van der Waals surface area contributed by atoms with Crippen molar-refractivity contribution in [1.82, 2.24) is 14.8 Å². The molecule has 1 saturated heterocycles. The van der Waals surface area contributed by atoms with Crippen LogP contribution < -0.4 is 0 Å². The summed E-state index contributed by atoms with van der Waals surface area (Å²) in [5.74, 6) is 0.564. The predicted octanol–water partition coefficient (Wildman–Crippen LogP) is 4.67. The van der Waals surface area contributed by atoms with Crippen LogP contribution in [0, 0.1) is 6.57 Å². The molecule has 0 unspecified atom stereocenters. The predicted molar refractivity (Wildman–Crippen MR) is 119 cm³/mol. The Bertz CT molecular complexity index is 923. The van der Waals surface area contributed by atoms with E-state index < -0.39 is 0 Å². The molecule has 30 heavy (non-hydrogen) atoms. The molecule has 0 radical (unpaired) electrons. The molecule has 2 fully saturated rings. The number of piperidine rings is 1. The fraction of sp³-hybridized carbons (Fsp3) is 0.542. The van der Waals surface area contributed by atoms with E-state index in [4.69, 9.17) is 11.6 Å². The molecule has 3 aliphatic rings. The Balaban J connectivity index is 1.18. The van der Waals surface area contributed by atoms with Crippen molar-refractivity contribution in [2.75, 3.05) is 26.2 Å². The first-order valence-electron chi connectivity index (χ1n) is 11.2. The van der Waals surface area contributed by atoms with Gasteiger partial charge in [-0.05, 0) is 32.1 Å². The quantitative estimate of drug-likeness (QED) is 0.678. The summed E-state index contributed by atoms with van der Waals surface area (Å²) in [5, 5.41) is 1.30. The van der Waals surface area contributed by atoms with Gasteiger partial charge in [-0.3, -0.25) is 9.69 Å². The van der Waals surface area contributed by atoms with Gasteiger partial charge in [0, 0.05) is 55.0 Å². The van der Waals surface area contributed by atoms with E-state index in [1.807, 2.05) is 16.2 Å². The highest BCUT2D eigenvalue weighted by Crippen LogP contribution is 2.35. The van der Waals surface area contributed by atoms with E-state index in [1.165, 1.54) is 47.9 Å². The Hall–Kier alpha value is -2.23. The second kappa shape index (κ2) is 8.49. The van der Waals surface area contributed by atoms with Crippen LogP contribution in [0.3, 0.4) is 0 Å². The van der Waals surface area contributed by atoms with Crippen molar-refractivity contribution < 1.29 is 4.79 Å². The van der Waals surface area contributed by atoms with E-state index in [-0.39, 0.29) is 5.91 Å². The third kappa shape index (κ3) is 3.89. The van der Waals surface area contributed by atoms with Gasteiger partial charge in [0.25, 0.3) is 5.91 Å². The molecule has 156 valence electrons. The summed E-state index contributed by atoms with van der Waals surface area (Å²) in [7, 11) is 0. The number of aromatic nitrogens is 1. The van der Waals surface area contributed by atoms with Crippen LogP contribution in [-0.4, -0.2) is 52.9 Å². The minimum Gasteiger partial charge on any atom is -0.339 e. The molecule has 0 N–H and O–H groups in total. The minimum absolute atomic E-state index is 0.0796. The number of carbonyl (C=O) groups is 1. The molecule has 0 atom stereocenters. The highest BCUT2D eigenvalue weighted by molar-refractivity contribution is 7.11. The van der Waals surface area contributed by atoms with Gasteiger partial charge in [-0.15, -0.1) is 11.3 Å². The van der Waals surface area contributed by atoms with Gasteiger partial charge >= 0.3 is 0 Å². The summed E-state index contributed by atoms with van der Waals surface area (Å²) in [6, 6.07) is 7.82. The van der Waals surface area contributed by atoms with Crippen molar-refractivity contribution >= 4 is 22.9 Å². The summed E-state index contributed by atoms with van der Waals surface area (Å²) in [6.07, 6.45) is 8.40. The Labute approximate surface area is 182 Å². The molecule has 1 aliphatic carbocycles. The fourth-order valence-electron chi connectivity index (χ4n) is 4.88. The lowest BCUT2D eigenvalue weighted by atomic mass is 9.91. The molecule has 0 spiro atoms. The molecule has 6 heteroatoms. The smallest absolute Gasteiger partial charge is 0.253 e. The average molecular weight is 421 g/mol. The standard InChI is InChI=1S/C24H28N4OS/c1-25-19-7-5-18(6-8-19)24(29)28-13-9-17(10-14-28)23-26-21-11-15-27(20-3-2-4-20)16-12-22(21)30-23/h5-8,17,20H,2-4,9-16H2. The highest BCUT2D eigenvalue weighted by atomic mass is 32.1. The van der Waals surface area contributed by atoms with Gasteiger partial charge in [0.15, 0.2) is 5.69 Å². The van der Waals surface area contributed by atoms with E-state index in [0.29, 0.717) is 17.2 Å². The van der Waals surface area contributed by atoms with Crippen LogP contribution in [-0.2, 0) is 12.8 Å². The fourth-order valence-corrected chi connectivity index (χ4v) is 6.15. The summed E-state index contributed by atoms with van der Waals surface area (Å²) < 4.78 is 0. The Morgan fingerprint density at radius 2 is 1.77 bits per heavy atom. The Kier molecular flexibility index (Phi) is 5.58. The van der Waals surface area contributed by atoms with Crippen LogP contribution in [0.5, 0.6) is 0 Å². The van der Waals surface area contributed by atoms with Crippen molar-refractivity contribution in [1.29, 1.82) is 0 Å². The SMILES string of the molecule is [C-]#[N+]c1ccc(C(=O)N2CCC(c3nc4c(s3)CCN(C3CCC3)CC4)CC2)cc1. The molecule has 3 heterocycles. The zero-order valence-electron chi connectivity index (χ0n) is 17.3. The first-order chi connectivity index (χ1) is 14.7. The van der Waals surface area contributed by atoms with E-state index in [0.717, 1.165) is 44.8 Å². The third-order valence-corrected chi connectivity index (χ3v) is 8.34. The topological polar surface area (TPSA) is 40.8 Å². The maximum atomic E-state index is 12.8. The van der Waals surface area contributed by atoms with Crippen molar-refractivity contribution in [3.05, 3.63) is 56.8 Å². The second-order valence-corrected chi connectivity index (χ2v) is 9.88. The van der Waals surface area contributed by atoms with Crippen LogP contribution >= 0.6 is 11.3 Å². The van der Waals surface area contributed by atoms with Crippen LogP contribution in [0.2, 0.25) is 0 Å². The first kappa shape index (κ1) is 19.7. The second-order valence-electron chi connectivity index (χ2n) is 8.77. The zero-order valence-corrected chi connectivity index (χ0v) is 18.2. The van der Waals surface area contributed by atoms with Gasteiger partial charge in [0.1, 0.15) is 0 Å². The van der Waals surface area contributed by atoms with Gasteiger partial charge in [0.2, 0.25) is 0 Å². The molecule has 0 bridgehead atoms. The summed E-state index contributed by atoms with van der Waals surface area (Å²) in [5.41, 5.74) is 2.60. The summed E-state index contributed by atoms with van der Waals surface area (Å²) in [6.45, 7) is 11.0. The number of amides is 1. The van der Waals surface area contributed by atoms with Crippen molar-refractivity contribution in [2.45, 2.75) is 56.9 Å². The Morgan fingerprint density at radius 3 is 2.43 bits per heavy atom. The van der Waals surface area contributed by atoms with Crippen LogP contribution in [0.15, 0.2) is 24.3 Å². The van der Waals surface area contributed by atoms with Crippen LogP contribution in [0.1, 0.15) is 64.0 Å². The van der Waals surface area contributed by atoms with E-state index in [9.17, 15) is 4.79 Å². The normalized spacial score (nSPS) is 20.8. The van der Waals surface area contributed by atoms with E-state index in [1.54, 1.807) is 24.3 Å². The average Bonchev–Trinajstić information content (AvgIpc) is 3.07. The van der Waals surface area contributed by atoms with Gasteiger partial charge in [-0.25, -0.2) is 9.83 Å². The lowest BCUT2D eigenvalue weighted by Gasteiger charge is -2.36. The molecule has 1 amide bonds. The molecule has 2 aliphatic heterocycles. The molecule has 2 aromatic rings. The number of fused-ring (bicyclic) bond motifs is 1. The number of benzene rings is 1. The molecular formula is C24H28N4OS. The number of hydrogen-bond acceptors (Lipinski definition) is 4. The monoisotopic (exact) mass is 420 g/mol. The molecule has 5 rings (SSSR count). The van der Waals surface area contributed by atoms with Crippen molar-refractivity contribution in [3.63, 3.8) is 0 Å². The molecular weight excluding hydrogens is 392 g/mol. The Morgan fingerprint density at radius 1 is 1.03 bits per heavy atom. The molecule has 1 aromatic carbocycles. The van der Waals surface area contributed by atoms with Gasteiger partial charge in [-0.2, -0.15) is 0 Å². The largest absolute Gasteiger partial charge is 0.339 e.